The van der Waals surface area contributed by atoms with Crippen LogP contribution in [0.15, 0.2) is 18.2 Å². The van der Waals surface area contributed by atoms with Gasteiger partial charge >= 0.3 is 5.97 Å². The van der Waals surface area contributed by atoms with Gasteiger partial charge in [0.2, 0.25) is 0 Å². The van der Waals surface area contributed by atoms with E-state index in [4.69, 9.17) is 4.74 Å². The van der Waals surface area contributed by atoms with Crippen molar-refractivity contribution in [3.05, 3.63) is 29.5 Å². The Kier molecular flexibility index (Phi) is 2.79. The first-order valence-corrected chi connectivity index (χ1v) is 5.47. The Morgan fingerprint density at radius 1 is 1.41 bits per heavy atom. The minimum absolute atomic E-state index is 0.156. The van der Waals surface area contributed by atoms with Crippen LogP contribution in [0.3, 0.4) is 0 Å². The van der Waals surface area contributed by atoms with Gasteiger partial charge in [-0.2, -0.15) is 0 Å². The second-order valence-electron chi connectivity index (χ2n) is 4.29. The van der Waals surface area contributed by atoms with Crippen LogP contribution in [0.2, 0.25) is 0 Å². The summed E-state index contributed by atoms with van der Waals surface area (Å²) in [5.41, 5.74) is 1.91. The van der Waals surface area contributed by atoms with Crippen molar-refractivity contribution in [2.45, 2.75) is 19.8 Å². The lowest BCUT2D eigenvalue weighted by atomic mass is 9.99. The zero-order chi connectivity index (χ0) is 12.6. The molecule has 2 N–H and O–H groups in total. The van der Waals surface area contributed by atoms with E-state index >= 15 is 0 Å². The van der Waals surface area contributed by atoms with Crippen LogP contribution in [0.4, 0.5) is 0 Å². The number of fused-ring (bicyclic) bond motifs is 1. The van der Waals surface area contributed by atoms with Gasteiger partial charge in [0.15, 0.2) is 0 Å². The van der Waals surface area contributed by atoms with Gasteiger partial charge in [-0.05, 0) is 23.6 Å². The number of hydrogen-bond acceptors (Lipinski definition) is 2. The fourth-order valence-electron chi connectivity index (χ4n) is 2.09. The molecule has 0 unspecified atom stereocenters. The van der Waals surface area contributed by atoms with E-state index in [0.29, 0.717) is 5.75 Å². The first-order valence-electron chi connectivity index (χ1n) is 5.47. The van der Waals surface area contributed by atoms with E-state index < -0.39 is 5.97 Å². The summed E-state index contributed by atoms with van der Waals surface area (Å²) < 4.78 is 5.12. The van der Waals surface area contributed by atoms with E-state index in [2.05, 4.69) is 4.98 Å². The number of carbonyl (C=O) groups is 1. The molecule has 17 heavy (non-hydrogen) atoms. The van der Waals surface area contributed by atoms with Gasteiger partial charge in [0.1, 0.15) is 11.4 Å². The van der Waals surface area contributed by atoms with E-state index in [0.717, 1.165) is 16.5 Å². The molecular weight excluding hydrogens is 218 g/mol. The molecule has 0 aliphatic heterocycles. The number of aromatic carboxylic acids is 1. The molecule has 0 fully saturated rings. The maximum Gasteiger partial charge on any atom is 0.352 e. The summed E-state index contributed by atoms with van der Waals surface area (Å²) in [6, 6.07) is 5.55. The third-order valence-electron chi connectivity index (χ3n) is 2.84. The first-order chi connectivity index (χ1) is 8.04. The van der Waals surface area contributed by atoms with Gasteiger partial charge in [-0.15, -0.1) is 0 Å². The maximum atomic E-state index is 11.2. The van der Waals surface area contributed by atoms with E-state index in [9.17, 15) is 9.90 Å². The second-order valence-corrected chi connectivity index (χ2v) is 4.29. The summed E-state index contributed by atoms with van der Waals surface area (Å²) in [5.74, 6) is -0.0573. The Hall–Kier alpha value is -1.97. The number of carboxylic acid groups (broad SMARTS) is 1. The molecule has 0 radical (unpaired) electrons. The van der Waals surface area contributed by atoms with Crippen molar-refractivity contribution in [3.63, 3.8) is 0 Å². The van der Waals surface area contributed by atoms with Gasteiger partial charge in [0.25, 0.3) is 0 Å². The molecule has 1 aromatic carbocycles. The van der Waals surface area contributed by atoms with Crippen LogP contribution >= 0.6 is 0 Å². The Morgan fingerprint density at radius 3 is 2.65 bits per heavy atom. The van der Waals surface area contributed by atoms with Crippen molar-refractivity contribution in [2.24, 2.45) is 0 Å². The molecular formula is C13H15NO3. The largest absolute Gasteiger partial charge is 0.497 e. The molecule has 0 aliphatic rings. The highest BCUT2D eigenvalue weighted by Crippen LogP contribution is 2.31. The quantitative estimate of drug-likeness (QED) is 0.856. The average Bonchev–Trinajstić information content (AvgIpc) is 2.66. The molecule has 1 aromatic heterocycles. The summed E-state index contributed by atoms with van der Waals surface area (Å²) in [5, 5.41) is 10.1. The number of carboxylic acids is 1. The Bertz CT molecular complexity index is 569. The lowest BCUT2D eigenvalue weighted by Crippen LogP contribution is -2.02. The summed E-state index contributed by atoms with van der Waals surface area (Å²) in [7, 11) is 1.59. The lowest BCUT2D eigenvalue weighted by Gasteiger charge is -2.05. The van der Waals surface area contributed by atoms with Crippen LogP contribution in [0.5, 0.6) is 5.75 Å². The van der Waals surface area contributed by atoms with E-state index in [1.165, 1.54) is 0 Å². The zero-order valence-electron chi connectivity index (χ0n) is 10.1. The smallest absolute Gasteiger partial charge is 0.352 e. The van der Waals surface area contributed by atoms with Crippen molar-refractivity contribution in [2.75, 3.05) is 7.11 Å². The molecule has 0 spiro atoms. The SMILES string of the molecule is COc1ccc2c(C(C)C)c(C(=O)O)[nH]c2c1. The Morgan fingerprint density at radius 2 is 2.12 bits per heavy atom. The van der Waals surface area contributed by atoms with Crippen molar-refractivity contribution in [1.82, 2.24) is 4.98 Å². The van der Waals surface area contributed by atoms with E-state index in [1.54, 1.807) is 7.11 Å². The first kappa shape index (κ1) is 11.5. The molecule has 0 saturated carbocycles. The van der Waals surface area contributed by atoms with Gasteiger partial charge in [0.05, 0.1) is 12.6 Å². The van der Waals surface area contributed by atoms with Crippen molar-refractivity contribution >= 4 is 16.9 Å². The van der Waals surface area contributed by atoms with Crippen LogP contribution in [0, 0.1) is 0 Å². The highest BCUT2D eigenvalue weighted by molar-refractivity contribution is 5.98. The number of benzene rings is 1. The summed E-state index contributed by atoms with van der Waals surface area (Å²) in [4.78, 5) is 14.1. The van der Waals surface area contributed by atoms with Crippen LogP contribution in [0.1, 0.15) is 35.8 Å². The van der Waals surface area contributed by atoms with E-state index in [1.807, 2.05) is 32.0 Å². The molecule has 2 aromatic rings. The number of methoxy groups -OCH3 is 1. The highest BCUT2D eigenvalue weighted by Gasteiger charge is 2.19. The number of ether oxygens (including phenoxy) is 1. The lowest BCUT2D eigenvalue weighted by molar-refractivity contribution is 0.0690. The monoisotopic (exact) mass is 233 g/mol. The topological polar surface area (TPSA) is 62.3 Å². The van der Waals surface area contributed by atoms with Crippen molar-refractivity contribution < 1.29 is 14.6 Å². The predicted molar refractivity (Wildman–Crippen MR) is 65.9 cm³/mol. The summed E-state index contributed by atoms with van der Waals surface area (Å²) in [6.07, 6.45) is 0. The average molecular weight is 233 g/mol. The highest BCUT2D eigenvalue weighted by atomic mass is 16.5. The predicted octanol–water partition coefficient (Wildman–Crippen LogP) is 3.00. The minimum Gasteiger partial charge on any atom is -0.497 e. The van der Waals surface area contributed by atoms with Gasteiger partial charge < -0.3 is 14.8 Å². The van der Waals surface area contributed by atoms with Gasteiger partial charge in [-0.1, -0.05) is 13.8 Å². The Balaban J connectivity index is 2.74. The van der Waals surface area contributed by atoms with Gasteiger partial charge in [-0.3, -0.25) is 0 Å². The normalized spacial score (nSPS) is 11.1. The molecule has 0 atom stereocenters. The summed E-state index contributed by atoms with van der Waals surface area (Å²) in [6.45, 7) is 3.97. The van der Waals surface area contributed by atoms with Gasteiger partial charge in [-0.25, -0.2) is 4.79 Å². The van der Waals surface area contributed by atoms with Crippen LogP contribution in [0.25, 0.3) is 10.9 Å². The van der Waals surface area contributed by atoms with E-state index in [-0.39, 0.29) is 11.6 Å². The molecule has 0 saturated heterocycles. The molecule has 4 heteroatoms. The number of rotatable bonds is 3. The van der Waals surface area contributed by atoms with Crippen LogP contribution in [-0.2, 0) is 0 Å². The fraction of sp³-hybridized carbons (Fsp3) is 0.308. The third-order valence-corrected chi connectivity index (χ3v) is 2.84. The number of hydrogen-bond donors (Lipinski definition) is 2. The molecule has 0 aliphatic carbocycles. The zero-order valence-corrected chi connectivity index (χ0v) is 10.1. The molecule has 2 rings (SSSR count). The number of nitrogens with one attached hydrogen (secondary N) is 1. The molecule has 1 heterocycles. The number of aromatic nitrogens is 1. The van der Waals surface area contributed by atoms with Crippen molar-refractivity contribution in [3.8, 4) is 5.75 Å². The van der Waals surface area contributed by atoms with Crippen LogP contribution in [-0.4, -0.2) is 23.2 Å². The standard InChI is InChI=1S/C13H15NO3/c1-7(2)11-9-5-4-8(17-3)6-10(9)14-12(11)13(15)16/h4-7,14H,1-3H3,(H,15,16). The van der Waals surface area contributed by atoms with Crippen LogP contribution < -0.4 is 4.74 Å². The maximum absolute atomic E-state index is 11.2. The number of aromatic amines is 1. The number of H-pyrrole nitrogens is 1. The Labute approximate surface area is 99.2 Å². The fourth-order valence-corrected chi connectivity index (χ4v) is 2.09. The summed E-state index contributed by atoms with van der Waals surface area (Å²) >= 11 is 0. The van der Waals surface area contributed by atoms with Gasteiger partial charge in [0, 0.05) is 11.5 Å². The second kappa shape index (κ2) is 4.13. The third kappa shape index (κ3) is 1.86. The molecule has 4 nitrogen and oxygen atoms in total. The molecule has 0 amide bonds. The minimum atomic E-state index is -0.927. The molecule has 0 bridgehead atoms. The van der Waals surface area contributed by atoms with Crippen molar-refractivity contribution in [1.29, 1.82) is 0 Å². The molecule has 90 valence electrons.